The van der Waals surface area contributed by atoms with Gasteiger partial charge in [-0.05, 0) is 27.2 Å². The highest BCUT2D eigenvalue weighted by Gasteiger charge is 2.30. The number of ether oxygens (including phenoxy) is 2. The fraction of sp³-hybridized carbons (Fsp3) is 0.533. The number of carbonyl (C=O) groups is 1. The minimum absolute atomic E-state index is 0.0693. The molecule has 0 spiro atoms. The summed E-state index contributed by atoms with van der Waals surface area (Å²) in [6.07, 6.45) is -0.855. The van der Waals surface area contributed by atoms with Gasteiger partial charge in [0.1, 0.15) is 5.60 Å². The van der Waals surface area contributed by atoms with Gasteiger partial charge in [-0.15, -0.1) is 0 Å². The molecule has 0 aliphatic carbocycles. The Hall–Kier alpha value is -1.79. The van der Waals surface area contributed by atoms with Gasteiger partial charge >= 0.3 is 5.97 Å². The molecule has 1 aromatic rings. The molecular formula is C15H18F4O3. The van der Waals surface area contributed by atoms with Crippen LogP contribution in [0.3, 0.4) is 0 Å². The molecule has 1 aromatic carbocycles. The normalized spacial score (nSPS) is 12.9. The van der Waals surface area contributed by atoms with E-state index in [0.717, 1.165) is 0 Å². The third-order valence-corrected chi connectivity index (χ3v) is 2.55. The first-order valence-corrected chi connectivity index (χ1v) is 6.79. The summed E-state index contributed by atoms with van der Waals surface area (Å²) < 4.78 is 63.4. The minimum atomic E-state index is -1.69. The van der Waals surface area contributed by atoms with Crippen LogP contribution in [0.2, 0.25) is 0 Å². The van der Waals surface area contributed by atoms with Crippen molar-refractivity contribution >= 4 is 5.97 Å². The highest BCUT2D eigenvalue weighted by atomic mass is 19.2. The number of benzene rings is 1. The van der Waals surface area contributed by atoms with Crippen molar-refractivity contribution < 1.29 is 31.8 Å². The molecule has 1 unspecified atom stereocenters. The van der Waals surface area contributed by atoms with Crippen LogP contribution in [0.25, 0.3) is 0 Å². The van der Waals surface area contributed by atoms with E-state index in [1.807, 2.05) is 0 Å². The Morgan fingerprint density at radius 2 is 1.64 bits per heavy atom. The molecule has 0 N–H and O–H groups in total. The van der Waals surface area contributed by atoms with Crippen LogP contribution in [0.5, 0.6) is 5.75 Å². The van der Waals surface area contributed by atoms with Crippen LogP contribution in [0.4, 0.5) is 17.6 Å². The summed E-state index contributed by atoms with van der Waals surface area (Å²) in [6.45, 7) is 6.53. The molecular weight excluding hydrogens is 304 g/mol. The first-order chi connectivity index (χ1) is 10.1. The van der Waals surface area contributed by atoms with E-state index in [1.165, 1.54) is 0 Å². The highest BCUT2D eigenvalue weighted by molar-refractivity contribution is 5.75. The number of rotatable bonds is 5. The van der Waals surface area contributed by atoms with Gasteiger partial charge in [0, 0.05) is 6.07 Å². The molecule has 22 heavy (non-hydrogen) atoms. The van der Waals surface area contributed by atoms with Crippen molar-refractivity contribution in [3.8, 4) is 5.75 Å². The van der Waals surface area contributed by atoms with Gasteiger partial charge in [0.05, 0.1) is 0 Å². The van der Waals surface area contributed by atoms with E-state index in [0.29, 0.717) is 6.42 Å². The van der Waals surface area contributed by atoms with Gasteiger partial charge in [-0.2, -0.15) is 8.78 Å². The second-order valence-corrected chi connectivity index (χ2v) is 5.73. The van der Waals surface area contributed by atoms with E-state index >= 15 is 0 Å². The molecule has 124 valence electrons. The monoisotopic (exact) mass is 322 g/mol. The predicted octanol–water partition coefficient (Wildman–Crippen LogP) is 4.13. The first kappa shape index (κ1) is 18.3. The number of hydrogen-bond acceptors (Lipinski definition) is 3. The van der Waals surface area contributed by atoms with Crippen LogP contribution in [0.1, 0.15) is 40.5 Å². The molecule has 0 amide bonds. The van der Waals surface area contributed by atoms with Crippen molar-refractivity contribution in [1.82, 2.24) is 0 Å². The predicted molar refractivity (Wildman–Crippen MR) is 71.4 cm³/mol. The molecule has 7 heteroatoms. The number of halogens is 4. The fourth-order valence-electron chi connectivity index (χ4n) is 1.65. The molecule has 1 rings (SSSR count). The Kier molecular flexibility index (Phi) is 5.79. The van der Waals surface area contributed by atoms with Crippen molar-refractivity contribution in [2.45, 2.75) is 52.2 Å². The maximum absolute atomic E-state index is 13.6. The summed E-state index contributed by atoms with van der Waals surface area (Å²) in [5.41, 5.74) is -0.837. The van der Waals surface area contributed by atoms with E-state index in [4.69, 9.17) is 9.47 Å². The Labute approximate surface area is 126 Å². The summed E-state index contributed by atoms with van der Waals surface area (Å²) in [4.78, 5) is 12.0. The quantitative estimate of drug-likeness (QED) is 0.464. The SMILES string of the molecule is CCCC(Oc1c(F)c(F)cc(F)c1F)C(=O)OC(C)(C)C. The van der Waals surface area contributed by atoms with Crippen molar-refractivity contribution in [3.05, 3.63) is 29.3 Å². The lowest BCUT2D eigenvalue weighted by atomic mass is 10.1. The second kappa shape index (κ2) is 6.98. The van der Waals surface area contributed by atoms with E-state index in [9.17, 15) is 22.4 Å². The molecule has 0 radical (unpaired) electrons. The molecule has 1 atom stereocenters. The van der Waals surface area contributed by atoms with Crippen LogP contribution in [-0.2, 0) is 9.53 Å². The van der Waals surface area contributed by atoms with Crippen LogP contribution in [0.15, 0.2) is 6.07 Å². The van der Waals surface area contributed by atoms with Gasteiger partial charge in [0.15, 0.2) is 23.5 Å². The molecule has 0 saturated carbocycles. The zero-order valence-corrected chi connectivity index (χ0v) is 12.8. The third-order valence-electron chi connectivity index (χ3n) is 2.55. The van der Waals surface area contributed by atoms with Crippen LogP contribution in [0, 0.1) is 23.3 Å². The Morgan fingerprint density at radius 3 is 2.05 bits per heavy atom. The molecule has 0 aliphatic rings. The molecule has 0 bridgehead atoms. The lowest BCUT2D eigenvalue weighted by Crippen LogP contribution is -2.35. The summed E-state index contributed by atoms with van der Waals surface area (Å²) in [5.74, 6) is -8.71. The van der Waals surface area contributed by atoms with E-state index in [1.54, 1.807) is 27.7 Å². The molecule has 0 fully saturated rings. The molecule has 0 heterocycles. The highest BCUT2D eigenvalue weighted by Crippen LogP contribution is 2.28. The molecule has 0 aliphatic heterocycles. The average molecular weight is 322 g/mol. The van der Waals surface area contributed by atoms with E-state index < -0.39 is 46.7 Å². The zero-order valence-electron chi connectivity index (χ0n) is 12.8. The van der Waals surface area contributed by atoms with Crippen molar-refractivity contribution in [2.24, 2.45) is 0 Å². The third kappa shape index (κ3) is 4.61. The summed E-state index contributed by atoms with van der Waals surface area (Å²) in [6, 6.07) is 0.0693. The van der Waals surface area contributed by atoms with Gasteiger partial charge in [0.2, 0.25) is 11.6 Å². The number of hydrogen-bond donors (Lipinski definition) is 0. The Balaban J connectivity index is 3.09. The van der Waals surface area contributed by atoms with Gasteiger partial charge in [-0.3, -0.25) is 0 Å². The largest absolute Gasteiger partial charge is 0.472 e. The van der Waals surface area contributed by atoms with Gasteiger partial charge in [-0.1, -0.05) is 13.3 Å². The van der Waals surface area contributed by atoms with Crippen molar-refractivity contribution in [3.63, 3.8) is 0 Å². The first-order valence-electron chi connectivity index (χ1n) is 6.79. The fourth-order valence-corrected chi connectivity index (χ4v) is 1.65. The van der Waals surface area contributed by atoms with Crippen LogP contribution in [-0.4, -0.2) is 17.7 Å². The van der Waals surface area contributed by atoms with Crippen molar-refractivity contribution in [2.75, 3.05) is 0 Å². The Morgan fingerprint density at radius 1 is 1.14 bits per heavy atom. The van der Waals surface area contributed by atoms with E-state index in [-0.39, 0.29) is 12.5 Å². The number of carbonyl (C=O) groups excluding carboxylic acids is 1. The average Bonchev–Trinajstić information content (AvgIpc) is 2.38. The maximum atomic E-state index is 13.6. The summed E-state index contributed by atoms with van der Waals surface area (Å²) in [5, 5.41) is 0. The smallest absolute Gasteiger partial charge is 0.347 e. The zero-order chi connectivity index (χ0) is 17.1. The lowest BCUT2D eigenvalue weighted by Gasteiger charge is -2.24. The Bertz CT molecular complexity index is 526. The molecule has 0 aromatic heterocycles. The van der Waals surface area contributed by atoms with Crippen LogP contribution < -0.4 is 4.74 Å². The second-order valence-electron chi connectivity index (χ2n) is 5.73. The van der Waals surface area contributed by atoms with Gasteiger partial charge in [-0.25, -0.2) is 13.6 Å². The topological polar surface area (TPSA) is 35.5 Å². The summed E-state index contributed by atoms with van der Waals surface area (Å²) in [7, 11) is 0. The van der Waals surface area contributed by atoms with Crippen LogP contribution >= 0.6 is 0 Å². The lowest BCUT2D eigenvalue weighted by molar-refractivity contribution is -0.164. The van der Waals surface area contributed by atoms with Gasteiger partial charge in [0.25, 0.3) is 0 Å². The molecule has 3 nitrogen and oxygen atoms in total. The minimum Gasteiger partial charge on any atom is -0.472 e. The maximum Gasteiger partial charge on any atom is 0.347 e. The van der Waals surface area contributed by atoms with Gasteiger partial charge < -0.3 is 9.47 Å². The standard InChI is InChI=1S/C15H18F4O3/c1-5-6-10(14(20)22-15(2,3)4)21-13-11(18)8(16)7-9(17)12(13)19/h7,10H,5-6H2,1-4H3. The van der Waals surface area contributed by atoms with E-state index in [2.05, 4.69) is 0 Å². The molecule has 0 saturated heterocycles. The van der Waals surface area contributed by atoms with Crippen molar-refractivity contribution in [1.29, 1.82) is 0 Å². The summed E-state index contributed by atoms with van der Waals surface area (Å²) >= 11 is 0. The number of esters is 1.